The number of aliphatic hydroxyl groups is 1. The quantitative estimate of drug-likeness (QED) is 0.846. The molecule has 0 saturated heterocycles. The van der Waals surface area contributed by atoms with Crippen molar-refractivity contribution in [2.24, 2.45) is 5.92 Å². The molecule has 1 rings (SSSR count). The van der Waals surface area contributed by atoms with Crippen LogP contribution in [0.3, 0.4) is 0 Å². The first-order valence-corrected chi connectivity index (χ1v) is 8.01. The molecule has 0 heterocycles. The lowest BCUT2D eigenvalue weighted by molar-refractivity contribution is -0.124. The standard InChI is InChI=1S/C13H17Cl2NO2S/c1-8(7-19-2)13(18)16-6-11(17)12-9(14)4-3-5-10(12)15/h3-5,8,11,17H,6-7H2,1-2H3,(H,16,18). The van der Waals surface area contributed by atoms with Crippen LogP contribution < -0.4 is 5.32 Å². The van der Waals surface area contributed by atoms with E-state index >= 15 is 0 Å². The highest BCUT2D eigenvalue weighted by Crippen LogP contribution is 2.29. The third-order valence-corrected chi connectivity index (χ3v) is 4.16. The minimum absolute atomic E-state index is 0.0865. The Labute approximate surface area is 127 Å². The zero-order valence-electron chi connectivity index (χ0n) is 10.8. The van der Waals surface area contributed by atoms with E-state index in [0.717, 1.165) is 5.75 Å². The van der Waals surface area contributed by atoms with Gasteiger partial charge in [0, 0.05) is 33.8 Å². The van der Waals surface area contributed by atoms with Gasteiger partial charge in [-0.1, -0.05) is 36.2 Å². The van der Waals surface area contributed by atoms with Crippen LogP contribution in [0.15, 0.2) is 18.2 Å². The summed E-state index contributed by atoms with van der Waals surface area (Å²) in [5, 5.41) is 13.5. The highest BCUT2D eigenvalue weighted by Gasteiger charge is 2.18. The molecule has 6 heteroatoms. The monoisotopic (exact) mass is 321 g/mol. The molecule has 2 unspecified atom stereocenters. The zero-order valence-corrected chi connectivity index (χ0v) is 13.1. The van der Waals surface area contributed by atoms with E-state index in [1.165, 1.54) is 0 Å². The fourth-order valence-electron chi connectivity index (χ4n) is 1.63. The Morgan fingerprint density at radius 3 is 2.53 bits per heavy atom. The Morgan fingerprint density at radius 1 is 1.42 bits per heavy atom. The van der Waals surface area contributed by atoms with Gasteiger partial charge in [0.05, 0.1) is 6.10 Å². The first-order chi connectivity index (χ1) is 8.97. The SMILES string of the molecule is CSCC(C)C(=O)NCC(O)c1c(Cl)cccc1Cl. The molecule has 0 aromatic heterocycles. The van der Waals surface area contributed by atoms with Gasteiger partial charge in [-0.2, -0.15) is 11.8 Å². The van der Waals surface area contributed by atoms with Crippen molar-refractivity contribution >= 4 is 40.9 Å². The van der Waals surface area contributed by atoms with E-state index in [0.29, 0.717) is 15.6 Å². The van der Waals surface area contributed by atoms with Gasteiger partial charge in [0.2, 0.25) is 5.91 Å². The molecule has 106 valence electrons. The number of hydrogen-bond acceptors (Lipinski definition) is 3. The van der Waals surface area contributed by atoms with E-state index in [2.05, 4.69) is 5.32 Å². The summed E-state index contributed by atoms with van der Waals surface area (Å²) in [7, 11) is 0. The van der Waals surface area contributed by atoms with Crippen molar-refractivity contribution in [2.45, 2.75) is 13.0 Å². The van der Waals surface area contributed by atoms with E-state index in [4.69, 9.17) is 23.2 Å². The fourth-order valence-corrected chi connectivity index (χ4v) is 2.93. The zero-order chi connectivity index (χ0) is 14.4. The number of hydrogen-bond donors (Lipinski definition) is 2. The number of carbonyl (C=O) groups excluding carboxylic acids is 1. The summed E-state index contributed by atoms with van der Waals surface area (Å²) in [4.78, 5) is 11.7. The fraction of sp³-hybridized carbons (Fsp3) is 0.462. The van der Waals surface area contributed by atoms with Crippen LogP contribution in [0.25, 0.3) is 0 Å². The van der Waals surface area contributed by atoms with Crippen molar-refractivity contribution in [1.82, 2.24) is 5.32 Å². The first kappa shape index (κ1) is 16.6. The Balaban J connectivity index is 2.61. The van der Waals surface area contributed by atoms with Gasteiger partial charge in [0.25, 0.3) is 0 Å². The lowest BCUT2D eigenvalue weighted by atomic mass is 10.1. The van der Waals surface area contributed by atoms with Crippen LogP contribution in [-0.4, -0.2) is 29.6 Å². The minimum Gasteiger partial charge on any atom is -0.386 e. The molecule has 19 heavy (non-hydrogen) atoms. The number of halogens is 2. The predicted octanol–water partition coefficient (Wildman–Crippen LogP) is 3.14. The van der Waals surface area contributed by atoms with Gasteiger partial charge >= 0.3 is 0 Å². The van der Waals surface area contributed by atoms with E-state index in [9.17, 15) is 9.90 Å². The molecule has 0 bridgehead atoms. The van der Waals surface area contributed by atoms with Crippen LogP contribution in [0.2, 0.25) is 10.0 Å². The smallest absolute Gasteiger partial charge is 0.223 e. The predicted molar refractivity (Wildman–Crippen MR) is 82.0 cm³/mol. The van der Waals surface area contributed by atoms with Crippen LogP contribution in [0.5, 0.6) is 0 Å². The summed E-state index contributed by atoms with van der Waals surface area (Å²) in [5.74, 6) is 0.565. The number of amides is 1. The second-order valence-corrected chi connectivity index (χ2v) is 5.98. The van der Waals surface area contributed by atoms with Crippen LogP contribution in [0, 0.1) is 5.92 Å². The summed E-state index contributed by atoms with van der Waals surface area (Å²) >= 11 is 13.6. The van der Waals surface area contributed by atoms with E-state index in [1.54, 1.807) is 30.0 Å². The molecule has 1 aromatic carbocycles. The molecule has 0 fully saturated rings. The van der Waals surface area contributed by atoms with Gasteiger partial charge < -0.3 is 10.4 Å². The molecule has 2 N–H and O–H groups in total. The molecule has 2 atom stereocenters. The summed E-state index contributed by atoms with van der Waals surface area (Å²) in [6.45, 7) is 1.95. The van der Waals surface area contributed by atoms with Crippen LogP contribution in [0.1, 0.15) is 18.6 Å². The second kappa shape index (κ2) is 8.00. The molecule has 0 aliphatic rings. The Kier molecular flexibility index (Phi) is 7.00. The van der Waals surface area contributed by atoms with E-state index < -0.39 is 6.10 Å². The van der Waals surface area contributed by atoms with E-state index in [-0.39, 0.29) is 18.4 Å². The third-order valence-electron chi connectivity index (χ3n) is 2.67. The van der Waals surface area contributed by atoms with Gasteiger partial charge in [-0.05, 0) is 18.4 Å². The number of benzene rings is 1. The van der Waals surface area contributed by atoms with Gasteiger partial charge in [-0.25, -0.2) is 0 Å². The molecular weight excluding hydrogens is 305 g/mol. The number of nitrogens with one attached hydrogen (secondary N) is 1. The number of carbonyl (C=O) groups is 1. The van der Waals surface area contributed by atoms with Crippen LogP contribution in [0.4, 0.5) is 0 Å². The molecule has 0 aliphatic heterocycles. The Morgan fingerprint density at radius 2 is 2.00 bits per heavy atom. The van der Waals surface area contributed by atoms with Crippen molar-refractivity contribution in [1.29, 1.82) is 0 Å². The summed E-state index contributed by atoms with van der Waals surface area (Å²) in [5.41, 5.74) is 0.448. The lowest BCUT2D eigenvalue weighted by Gasteiger charge is -2.17. The number of rotatable bonds is 6. The van der Waals surface area contributed by atoms with Crippen LogP contribution in [-0.2, 0) is 4.79 Å². The number of aliphatic hydroxyl groups excluding tert-OH is 1. The molecule has 0 radical (unpaired) electrons. The first-order valence-electron chi connectivity index (χ1n) is 5.86. The largest absolute Gasteiger partial charge is 0.386 e. The second-order valence-electron chi connectivity index (χ2n) is 4.25. The molecule has 3 nitrogen and oxygen atoms in total. The summed E-state index contributed by atoms with van der Waals surface area (Å²) in [6.07, 6.45) is 1.04. The average Bonchev–Trinajstić information content (AvgIpc) is 2.36. The van der Waals surface area contributed by atoms with Crippen molar-refractivity contribution < 1.29 is 9.90 Å². The lowest BCUT2D eigenvalue weighted by Crippen LogP contribution is -2.33. The number of thioether (sulfide) groups is 1. The normalized spacial score (nSPS) is 13.9. The summed E-state index contributed by atoms with van der Waals surface area (Å²) in [6, 6.07) is 5.02. The Bertz CT molecular complexity index is 422. The highest BCUT2D eigenvalue weighted by molar-refractivity contribution is 7.98. The van der Waals surface area contributed by atoms with Crippen molar-refractivity contribution in [2.75, 3.05) is 18.6 Å². The molecule has 0 aliphatic carbocycles. The maximum Gasteiger partial charge on any atom is 0.223 e. The molecule has 0 saturated carbocycles. The maximum atomic E-state index is 11.7. The van der Waals surface area contributed by atoms with Crippen molar-refractivity contribution in [3.05, 3.63) is 33.8 Å². The van der Waals surface area contributed by atoms with Crippen molar-refractivity contribution in [3.63, 3.8) is 0 Å². The summed E-state index contributed by atoms with van der Waals surface area (Å²) < 4.78 is 0. The van der Waals surface area contributed by atoms with E-state index in [1.807, 2.05) is 13.2 Å². The molecule has 1 aromatic rings. The average molecular weight is 322 g/mol. The molecule has 0 spiro atoms. The van der Waals surface area contributed by atoms with Gasteiger partial charge in [-0.3, -0.25) is 4.79 Å². The Hall–Kier alpha value is -0.420. The maximum absolute atomic E-state index is 11.7. The van der Waals surface area contributed by atoms with Gasteiger partial charge in [-0.15, -0.1) is 0 Å². The molecular formula is C13H17Cl2NO2S. The van der Waals surface area contributed by atoms with Crippen molar-refractivity contribution in [3.8, 4) is 0 Å². The third kappa shape index (κ3) is 4.88. The van der Waals surface area contributed by atoms with Gasteiger partial charge in [0.15, 0.2) is 0 Å². The van der Waals surface area contributed by atoms with Gasteiger partial charge in [0.1, 0.15) is 0 Å². The van der Waals surface area contributed by atoms with Crippen LogP contribution >= 0.6 is 35.0 Å². The highest BCUT2D eigenvalue weighted by atomic mass is 35.5. The molecule has 1 amide bonds. The topological polar surface area (TPSA) is 49.3 Å². The minimum atomic E-state index is -0.911.